The van der Waals surface area contributed by atoms with Gasteiger partial charge < -0.3 is 53.8 Å². The van der Waals surface area contributed by atoms with Gasteiger partial charge in [-0.1, -0.05) is 6.08 Å². The minimum atomic E-state index is -1.16. The van der Waals surface area contributed by atoms with Crippen molar-refractivity contribution in [2.24, 2.45) is 5.41 Å². The highest BCUT2D eigenvalue weighted by atomic mass is 16.7. The van der Waals surface area contributed by atoms with E-state index >= 15 is 0 Å². The number of carboxylic acids is 4. The number of hydrogen-bond acceptors (Lipinski definition) is 20. The molecular weight excluding hydrogens is 993 g/mol. The number of aliphatic carboxylic acids is 4. The Balaban J connectivity index is 1.21. The topological polar surface area (TPSA) is 326 Å². The molecule has 1 unspecified atom stereocenters. The van der Waals surface area contributed by atoms with Crippen molar-refractivity contribution in [3.8, 4) is 0 Å². The van der Waals surface area contributed by atoms with Gasteiger partial charge in [0.25, 0.3) is 11.8 Å². The lowest BCUT2D eigenvalue weighted by Gasteiger charge is -2.35. The van der Waals surface area contributed by atoms with E-state index in [1.807, 2.05) is 0 Å². The maximum Gasteiger partial charge on any atom is 0.410 e. The molecule has 3 atom stereocenters. The van der Waals surface area contributed by atoms with Crippen LogP contribution < -0.4 is 0 Å². The summed E-state index contributed by atoms with van der Waals surface area (Å²) in [4.78, 5) is 135. The molecule has 2 heterocycles. The molecule has 3 rings (SSSR count). The Hall–Kier alpha value is -5.48. The highest BCUT2D eigenvalue weighted by Crippen LogP contribution is 2.35. The van der Waals surface area contributed by atoms with E-state index in [2.05, 4.69) is 0 Å². The highest BCUT2D eigenvalue weighted by Gasteiger charge is 2.41. The van der Waals surface area contributed by atoms with Crippen LogP contribution in [0.15, 0.2) is 12.2 Å². The zero-order valence-electron chi connectivity index (χ0n) is 43.4. The molecule has 26 heteroatoms. The summed E-state index contributed by atoms with van der Waals surface area (Å²) >= 11 is 0. The quantitative estimate of drug-likeness (QED) is 0.0398. The SMILES string of the molecule is CN(CC(=O)CCCOCCOCCOCCOCCCC(=O)CCC(C(=O)O)N1CCN(CC(=O)O)CCN(CC(=O)O)CCN(CC(=O)O)CC1)C(=O)O[C@@H]1/C=C/CC[C@](C)(C(=O)ON2C(=O)CCC2=O)CC1. The van der Waals surface area contributed by atoms with Gasteiger partial charge in [0.05, 0.1) is 71.2 Å². The first-order chi connectivity index (χ1) is 35.8. The van der Waals surface area contributed by atoms with Crippen LogP contribution in [0.5, 0.6) is 0 Å². The number of carboxylic acid groups (broad SMARTS) is 4. The fraction of sp³-hybridized carbons (Fsp3) is 0.755. The summed E-state index contributed by atoms with van der Waals surface area (Å²) < 4.78 is 27.7. The van der Waals surface area contributed by atoms with E-state index in [4.69, 9.17) is 28.5 Å². The van der Waals surface area contributed by atoms with Gasteiger partial charge in [-0.3, -0.25) is 58.0 Å². The summed E-state index contributed by atoms with van der Waals surface area (Å²) in [7, 11) is 1.46. The number of hydroxylamine groups is 2. The lowest BCUT2D eigenvalue weighted by molar-refractivity contribution is -0.205. The molecule has 0 aromatic rings. The molecular formula is C49H78N6O20. The van der Waals surface area contributed by atoms with Gasteiger partial charge in [-0.25, -0.2) is 9.59 Å². The van der Waals surface area contributed by atoms with E-state index in [1.165, 1.54) is 11.9 Å². The largest absolute Gasteiger partial charge is 0.480 e. The lowest BCUT2D eigenvalue weighted by Crippen LogP contribution is -2.51. The monoisotopic (exact) mass is 1070 g/mol. The Kier molecular flexibility index (Phi) is 29.7. The van der Waals surface area contributed by atoms with Gasteiger partial charge in [-0.2, -0.15) is 0 Å². The van der Waals surface area contributed by atoms with Crippen LogP contribution in [0, 0.1) is 5.41 Å². The molecule has 2 aliphatic heterocycles. The first-order valence-electron chi connectivity index (χ1n) is 25.6. The third-order valence-corrected chi connectivity index (χ3v) is 12.8. The molecule has 3 aliphatic rings. The standard InChI is InChI=1S/C49H78N6O20/c1-49(47(68)75-55-41(58)12-13-42(55)59)15-4-3-9-39(14-16-49)74-48(69)50(2)33-38(57)8-6-26-71-28-30-73-32-31-72-29-27-70-25-5-7-37(56)10-11-40(46(66)67)54-23-21-52(35-44(62)63)19-17-51(34-43(60)61)18-20-53(22-24-54)36-45(64)65/h3,9,39-40H,4-8,10-36H2,1-2H3,(H,60,61)(H,62,63)(H,64,65)(H,66,67)/b9-3+/t39-,40?,49+/m1/s1. The van der Waals surface area contributed by atoms with Crippen molar-refractivity contribution in [2.75, 3.05) is 138 Å². The van der Waals surface area contributed by atoms with E-state index < -0.39 is 65.3 Å². The zero-order chi connectivity index (χ0) is 55.2. The molecule has 4 N–H and O–H groups in total. The zero-order valence-corrected chi connectivity index (χ0v) is 43.4. The van der Waals surface area contributed by atoms with Gasteiger partial charge in [0, 0.05) is 105 Å². The Morgan fingerprint density at radius 3 is 1.56 bits per heavy atom. The second-order valence-corrected chi connectivity index (χ2v) is 19.0. The van der Waals surface area contributed by atoms with Crippen molar-refractivity contribution in [1.29, 1.82) is 0 Å². The lowest BCUT2D eigenvalue weighted by atomic mass is 9.79. The number of nitrogens with zero attached hydrogens (tertiary/aromatic N) is 6. The molecule has 0 aromatic carbocycles. The number of Topliss-reactive ketones (excluding diaryl/α,β-unsaturated/α-hetero) is 2. The number of allylic oxidation sites excluding steroid dienone is 1. The molecule has 0 bridgehead atoms. The van der Waals surface area contributed by atoms with Gasteiger partial charge >= 0.3 is 35.9 Å². The Bertz CT molecular complexity index is 1870. The minimum Gasteiger partial charge on any atom is -0.480 e. The summed E-state index contributed by atoms with van der Waals surface area (Å²) in [6.45, 7) is 4.27. The number of likely N-dealkylation sites (N-methyl/N-ethyl adjacent to an activating group) is 1. The molecule has 75 heavy (non-hydrogen) atoms. The van der Waals surface area contributed by atoms with E-state index in [9.17, 15) is 68.4 Å². The summed E-state index contributed by atoms with van der Waals surface area (Å²) in [6, 6.07) is -1.09. The molecule has 2 saturated heterocycles. The van der Waals surface area contributed by atoms with Crippen LogP contribution in [0.25, 0.3) is 0 Å². The van der Waals surface area contributed by atoms with Crippen molar-refractivity contribution in [3.05, 3.63) is 12.2 Å². The maximum absolute atomic E-state index is 13.0. The number of carbonyl (C=O) groups excluding carboxylic acids is 6. The average molecular weight is 1070 g/mol. The molecule has 0 radical (unpaired) electrons. The van der Waals surface area contributed by atoms with Crippen molar-refractivity contribution in [3.63, 3.8) is 0 Å². The molecule has 3 amide bonds. The number of rotatable bonds is 33. The maximum atomic E-state index is 13.0. The molecule has 0 aromatic heterocycles. The molecule has 0 saturated carbocycles. The minimum absolute atomic E-state index is 0.00615. The number of carbonyl (C=O) groups is 10. The van der Waals surface area contributed by atoms with Gasteiger partial charge in [-0.05, 0) is 57.9 Å². The third-order valence-electron chi connectivity index (χ3n) is 12.8. The van der Waals surface area contributed by atoms with Crippen LogP contribution in [0.4, 0.5) is 4.79 Å². The smallest absolute Gasteiger partial charge is 0.410 e. The second-order valence-electron chi connectivity index (χ2n) is 19.0. The first kappa shape index (κ1) is 63.8. The summed E-state index contributed by atoms with van der Waals surface area (Å²) in [6.07, 6.45) is 4.79. The van der Waals surface area contributed by atoms with Crippen LogP contribution in [0.2, 0.25) is 0 Å². The molecule has 0 spiro atoms. The van der Waals surface area contributed by atoms with Crippen molar-refractivity contribution >= 4 is 59.3 Å². The van der Waals surface area contributed by atoms with Gasteiger partial charge in [-0.15, -0.1) is 5.06 Å². The van der Waals surface area contributed by atoms with Crippen LogP contribution in [0.1, 0.15) is 84.0 Å². The Labute approximate surface area is 437 Å². The van der Waals surface area contributed by atoms with Crippen LogP contribution in [-0.4, -0.2) is 260 Å². The van der Waals surface area contributed by atoms with E-state index in [-0.39, 0.29) is 155 Å². The van der Waals surface area contributed by atoms with E-state index in [1.54, 1.807) is 38.7 Å². The van der Waals surface area contributed by atoms with Crippen LogP contribution in [0.3, 0.4) is 0 Å². The summed E-state index contributed by atoms with van der Waals surface area (Å²) in [5.74, 6) is -6.59. The highest BCUT2D eigenvalue weighted by molar-refractivity contribution is 6.01. The number of ether oxygens (including phenoxy) is 5. The van der Waals surface area contributed by atoms with Gasteiger partial charge in [0.1, 0.15) is 17.9 Å². The number of amides is 3. The number of imide groups is 1. The molecule has 424 valence electrons. The normalized spacial score (nSPS) is 20.7. The first-order valence-corrected chi connectivity index (χ1v) is 25.6. The second kappa shape index (κ2) is 35.0. The fourth-order valence-corrected chi connectivity index (χ4v) is 8.41. The predicted octanol–water partition coefficient (Wildman–Crippen LogP) is 0.641. The van der Waals surface area contributed by atoms with Gasteiger partial charge in [0.15, 0.2) is 5.78 Å². The molecule has 1 aliphatic carbocycles. The number of hydrogen-bond donors (Lipinski definition) is 4. The summed E-state index contributed by atoms with van der Waals surface area (Å²) in [5, 5.41) is 39.1. The summed E-state index contributed by atoms with van der Waals surface area (Å²) in [5.41, 5.74) is -1.02. The fourth-order valence-electron chi connectivity index (χ4n) is 8.41. The van der Waals surface area contributed by atoms with Crippen molar-refractivity contribution in [1.82, 2.24) is 29.6 Å². The third kappa shape index (κ3) is 26.2. The van der Waals surface area contributed by atoms with Crippen LogP contribution >= 0.6 is 0 Å². The predicted molar refractivity (Wildman–Crippen MR) is 262 cm³/mol. The number of ketones is 2. The molecule has 26 nitrogen and oxygen atoms in total. The Morgan fingerprint density at radius 1 is 0.640 bits per heavy atom. The Morgan fingerprint density at radius 2 is 1.09 bits per heavy atom. The van der Waals surface area contributed by atoms with Crippen molar-refractivity contribution < 1.29 is 96.9 Å². The van der Waals surface area contributed by atoms with Gasteiger partial charge in [0.2, 0.25) is 0 Å². The van der Waals surface area contributed by atoms with Crippen molar-refractivity contribution in [2.45, 2.75) is 96.1 Å². The van der Waals surface area contributed by atoms with Crippen LogP contribution in [-0.2, 0) is 71.7 Å². The molecule has 2 fully saturated rings. The van der Waals surface area contributed by atoms with E-state index in [0.29, 0.717) is 70.4 Å². The van der Waals surface area contributed by atoms with E-state index in [0.717, 1.165) is 0 Å². The average Bonchev–Trinajstić information content (AvgIpc) is 3.65.